The van der Waals surface area contributed by atoms with E-state index in [1.54, 1.807) is 31.9 Å². The van der Waals surface area contributed by atoms with Gasteiger partial charge in [-0.15, -0.1) is 0 Å². The van der Waals surface area contributed by atoms with Gasteiger partial charge in [-0.25, -0.2) is 9.78 Å². The third-order valence-electron chi connectivity index (χ3n) is 4.18. The summed E-state index contributed by atoms with van der Waals surface area (Å²) in [7, 11) is 5.22. The lowest BCUT2D eigenvalue weighted by atomic mass is 10.0. The molecule has 8 heteroatoms. The maximum absolute atomic E-state index is 12.6. The van der Waals surface area contributed by atoms with Gasteiger partial charge in [0.05, 0.1) is 12.5 Å². The van der Waals surface area contributed by atoms with Crippen molar-refractivity contribution in [2.45, 2.75) is 32.7 Å². The van der Waals surface area contributed by atoms with Gasteiger partial charge in [-0.1, -0.05) is 32.0 Å². The van der Waals surface area contributed by atoms with Gasteiger partial charge in [0.25, 0.3) is 0 Å². The average molecular weight is 372 g/mol. The van der Waals surface area contributed by atoms with Crippen LogP contribution in [0, 0.1) is 5.92 Å². The molecule has 0 aliphatic rings. The Bertz CT molecular complexity index is 784. The second kappa shape index (κ2) is 9.16. The van der Waals surface area contributed by atoms with E-state index in [2.05, 4.69) is 34.6 Å². The van der Waals surface area contributed by atoms with Crippen LogP contribution < -0.4 is 10.6 Å². The first-order valence-corrected chi connectivity index (χ1v) is 8.97. The molecular formula is C19H28N6O2. The third-order valence-corrected chi connectivity index (χ3v) is 4.18. The van der Waals surface area contributed by atoms with Crippen molar-refractivity contribution in [1.29, 1.82) is 0 Å². The van der Waals surface area contributed by atoms with E-state index >= 15 is 0 Å². The van der Waals surface area contributed by atoms with Crippen LogP contribution in [-0.2, 0) is 18.3 Å². The van der Waals surface area contributed by atoms with Crippen LogP contribution in [0.25, 0.3) is 0 Å². The molecule has 1 aromatic heterocycles. The molecule has 0 saturated carbocycles. The minimum atomic E-state index is -0.339. The number of para-hydroxylation sites is 1. The number of carbonyl (C=O) groups is 2. The number of hydrogen-bond donors (Lipinski definition) is 2. The Balaban J connectivity index is 2.12. The van der Waals surface area contributed by atoms with Crippen LogP contribution in [0.15, 0.2) is 30.6 Å². The van der Waals surface area contributed by atoms with Crippen molar-refractivity contribution in [3.63, 3.8) is 0 Å². The number of nitrogens with zero attached hydrogens (tertiary/aromatic N) is 4. The summed E-state index contributed by atoms with van der Waals surface area (Å²) in [5, 5.41) is 9.93. The van der Waals surface area contributed by atoms with Gasteiger partial charge in [-0.05, 0) is 24.0 Å². The van der Waals surface area contributed by atoms with Crippen molar-refractivity contribution in [2.75, 3.05) is 19.4 Å². The standard InChI is InChI=1S/C19H28N6O2/c1-13(2)10-16(18-20-12-21-25(18)5)23-19(27)22-15-9-7-6-8-14(15)11-17(26)24(3)4/h6-9,12-13,16H,10-11H2,1-5H3,(H2,22,23,27)/t16-/m0/s1. The van der Waals surface area contributed by atoms with Gasteiger partial charge in [0.2, 0.25) is 5.91 Å². The number of aromatic nitrogens is 3. The molecule has 1 heterocycles. The Hall–Kier alpha value is -2.90. The molecule has 0 bridgehead atoms. The highest BCUT2D eigenvalue weighted by Crippen LogP contribution is 2.20. The summed E-state index contributed by atoms with van der Waals surface area (Å²) in [5.41, 5.74) is 1.39. The van der Waals surface area contributed by atoms with E-state index in [-0.39, 0.29) is 24.4 Å². The molecule has 27 heavy (non-hydrogen) atoms. The average Bonchev–Trinajstić information content (AvgIpc) is 3.01. The Morgan fingerprint density at radius 1 is 1.22 bits per heavy atom. The van der Waals surface area contributed by atoms with Gasteiger partial charge in [-0.3, -0.25) is 9.48 Å². The SMILES string of the molecule is CC(C)C[C@H](NC(=O)Nc1ccccc1CC(=O)N(C)C)c1ncnn1C. The molecule has 8 nitrogen and oxygen atoms in total. The van der Waals surface area contributed by atoms with Gasteiger partial charge in [0.15, 0.2) is 0 Å². The summed E-state index contributed by atoms with van der Waals surface area (Å²) >= 11 is 0. The Kier molecular flexibility index (Phi) is 6.92. The lowest BCUT2D eigenvalue weighted by molar-refractivity contribution is -0.127. The van der Waals surface area contributed by atoms with Crippen molar-refractivity contribution < 1.29 is 9.59 Å². The van der Waals surface area contributed by atoms with Crippen molar-refractivity contribution in [1.82, 2.24) is 25.0 Å². The van der Waals surface area contributed by atoms with Crippen molar-refractivity contribution in [3.05, 3.63) is 42.0 Å². The zero-order chi connectivity index (χ0) is 20.0. The predicted octanol–water partition coefficient (Wildman–Crippen LogP) is 2.35. The number of aryl methyl sites for hydroxylation is 1. The Morgan fingerprint density at radius 3 is 2.52 bits per heavy atom. The van der Waals surface area contributed by atoms with E-state index < -0.39 is 0 Å². The van der Waals surface area contributed by atoms with Crippen LogP contribution in [0.5, 0.6) is 0 Å². The third kappa shape index (κ3) is 5.80. The first kappa shape index (κ1) is 20.4. The number of carbonyl (C=O) groups excluding carboxylic acids is 2. The Morgan fingerprint density at radius 2 is 1.93 bits per heavy atom. The molecule has 0 unspecified atom stereocenters. The molecule has 146 valence electrons. The monoisotopic (exact) mass is 372 g/mol. The fraction of sp³-hybridized carbons (Fsp3) is 0.474. The molecule has 0 spiro atoms. The summed E-state index contributed by atoms with van der Waals surface area (Å²) in [6, 6.07) is 6.71. The van der Waals surface area contributed by atoms with Gasteiger partial charge in [-0.2, -0.15) is 5.10 Å². The van der Waals surface area contributed by atoms with E-state index in [4.69, 9.17) is 0 Å². The van der Waals surface area contributed by atoms with Crippen LogP contribution in [-0.4, -0.2) is 45.7 Å². The molecule has 0 aliphatic heterocycles. The molecular weight excluding hydrogens is 344 g/mol. The predicted molar refractivity (Wildman–Crippen MR) is 104 cm³/mol. The van der Waals surface area contributed by atoms with Crippen LogP contribution in [0.1, 0.15) is 37.7 Å². The molecule has 0 aliphatic carbocycles. The normalized spacial score (nSPS) is 11.9. The number of amides is 3. The van der Waals surface area contributed by atoms with Crippen molar-refractivity contribution >= 4 is 17.6 Å². The largest absolute Gasteiger partial charge is 0.349 e. The summed E-state index contributed by atoms with van der Waals surface area (Å²) in [4.78, 5) is 30.4. The van der Waals surface area contributed by atoms with E-state index in [1.807, 2.05) is 18.2 Å². The second-order valence-corrected chi connectivity index (χ2v) is 7.14. The second-order valence-electron chi connectivity index (χ2n) is 7.14. The van der Waals surface area contributed by atoms with Crippen LogP contribution in [0.3, 0.4) is 0 Å². The van der Waals surface area contributed by atoms with Crippen LogP contribution in [0.4, 0.5) is 10.5 Å². The minimum Gasteiger partial charge on any atom is -0.349 e. The number of likely N-dealkylation sites (N-methyl/N-ethyl adjacent to an activating group) is 1. The molecule has 1 atom stereocenters. The molecule has 0 fully saturated rings. The highest BCUT2D eigenvalue weighted by molar-refractivity contribution is 5.91. The summed E-state index contributed by atoms with van der Waals surface area (Å²) in [5.74, 6) is 1.05. The summed E-state index contributed by atoms with van der Waals surface area (Å²) < 4.78 is 1.66. The summed E-state index contributed by atoms with van der Waals surface area (Å²) in [6.45, 7) is 4.18. The molecule has 2 rings (SSSR count). The lowest BCUT2D eigenvalue weighted by Crippen LogP contribution is -2.35. The number of anilines is 1. The number of nitrogens with one attached hydrogen (secondary N) is 2. The first-order chi connectivity index (χ1) is 12.8. The van der Waals surface area contributed by atoms with E-state index in [0.717, 1.165) is 12.0 Å². The molecule has 0 radical (unpaired) electrons. The van der Waals surface area contributed by atoms with Gasteiger partial charge >= 0.3 is 6.03 Å². The molecule has 2 aromatic rings. The van der Waals surface area contributed by atoms with Crippen molar-refractivity contribution in [2.24, 2.45) is 13.0 Å². The Labute approximate surface area is 160 Å². The fourth-order valence-corrected chi connectivity index (χ4v) is 2.76. The van der Waals surface area contributed by atoms with E-state index in [9.17, 15) is 9.59 Å². The maximum atomic E-state index is 12.6. The molecule has 1 aromatic carbocycles. The zero-order valence-corrected chi connectivity index (χ0v) is 16.6. The van der Waals surface area contributed by atoms with Crippen LogP contribution >= 0.6 is 0 Å². The fourth-order valence-electron chi connectivity index (χ4n) is 2.76. The topological polar surface area (TPSA) is 92.2 Å². The highest BCUT2D eigenvalue weighted by atomic mass is 16.2. The maximum Gasteiger partial charge on any atom is 0.319 e. The van der Waals surface area contributed by atoms with Crippen LogP contribution in [0.2, 0.25) is 0 Å². The number of hydrogen-bond acceptors (Lipinski definition) is 4. The smallest absolute Gasteiger partial charge is 0.319 e. The molecule has 2 N–H and O–H groups in total. The lowest BCUT2D eigenvalue weighted by Gasteiger charge is -2.21. The number of urea groups is 1. The quantitative estimate of drug-likeness (QED) is 0.780. The van der Waals surface area contributed by atoms with E-state index in [0.29, 0.717) is 17.4 Å². The number of rotatable bonds is 7. The van der Waals surface area contributed by atoms with Gasteiger partial charge < -0.3 is 15.5 Å². The first-order valence-electron chi connectivity index (χ1n) is 8.97. The van der Waals surface area contributed by atoms with Gasteiger partial charge in [0.1, 0.15) is 12.2 Å². The van der Waals surface area contributed by atoms with Crippen molar-refractivity contribution in [3.8, 4) is 0 Å². The van der Waals surface area contributed by atoms with Gasteiger partial charge in [0, 0.05) is 26.8 Å². The number of benzene rings is 1. The molecule has 0 saturated heterocycles. The highest BCUT2D eigenvalue weighted by Gasteiger charge is 2.21. The summed E-state index contributed by atoms with van der Waals surface area (Å²) in [6.07, 6.45) is 2.44. The minimum absolute atomic E-state index is 0.0265. The zero-order valence-electron chi connectivity index (χ0n) is 16.6. The van der Waals surface area contributed by atoms with E-state index in [1.165, 1.54) is 11.2 Å². The molecule has 3 amide bonds.